The first-order chi connectivity index (χ1) is 24.1. The molecule has 0 bridgehead atoms. The number of allylic oxidation sites excluding steroid dienone is 11. The highest BCUT2D eigenvalue weighted by Crippen LogP contribution is 2.37. The minimum Gasteiger partial charge on any atom is -0.313 e. The number of fused-ring (bicyclic) bond motifs is 6. The smallest absolute Gasteiger partial charge is 0.0541 e. The number of aromatic nitrogens is 2. The molecule has 7 aromatic rings. The summed E-state index contributed by atoms with van der Waals surface area (Å²) < 4.78 is 4.82. The summed E-state index contributed by atoms with van der Waals surface area (Å²) >= 11 is 0. The molecule has 49 heavy (non-hydrogen) atoms. The minimum absolute atomic E-state index is 0.0129. The van der Waals surface area contributed by atoms with Crippen LogP contribution in [0.2, 0.25) is 0 Å². The molecule has 0 N–H and O–H groups in total. The van der Waals surface area contributed by atoms with E-state index in [2.05, 4.69) is 192 Å². The Morgan fingerprint density at radius 1 is 0.551 bits per heavy atom. The van der Waals surface area contributed by atoms with Gasteiger partial charge in [-0.05, 0) is 78.4 Å². The van der Waals surface area contributed by atoms with Crippen molar-refractivity contribution in [2.75, 3.05) is 0 Å². The van der Waals surface area contributed by atoms with Crippen molar-refractivity contribution in [3.05, 3.63) is 187 Å². The molecule has 0 saturated heterocycles. The molecule has 2 heteroatoms. The van der Waals surface area contributed by atoms with Crippen LogP contribution in [0.1, 0.15) is 31.7 Å². The first kappa shape index (κ1) is 29.3. The molecule has 0 aliphatic heterocycles. The Labute approximate surface area is 287 Å². The van der Waals surface area contributed by atoms with Crippen LogP contribution >= 0.6 is 0 Å². The average molecular weight is 631 g/mol. The van der Waals surface area contributed by atoms with E-state index in [0.717, 1.165) is 19.3 Å². The molecule has 0 fully saturated rings. The van der Waals surface area contributed by atoms with Crippen LogP contribution in [0.25, 0.3) is 61.1 Å². The largest absolute Gasteiger partial charge is 0.313 e. The third-order valence-electron chi connectivity index (χ3n) is 10.3. The molecule has 1 atom stereocenters. The van der Waals surface area contributed by atoms with Crippen molar-refractivity contribution in [3.8, 4) is 5.69 Å². The molecule has 2 heterocycles. The summed E-state index contributed by atoms with van der Waals surface area (Å²) in [5, 5.41) is 5.22. The minimum atomic E-state index is 0.0129. The maximum Gasteiger partial charge on any atom is 0.0541 e. The molecule has 0 amide bonds. The zero-order chi connectivity index (χ0) is 32.8. The number of hydrogen-bond acceptors (Lipinski definition) is 0. The predicted octanol–water partition coefficient (Wildman–Crippen LogP) is 12.6. The molecule has 0 saturated carbocycles. The van der Waals surface area contributed by atoms with Crippen molar-refractivity contribution in [1.29, 1.82) is 0 Å². The van der Waals surface area contributed by atoms with E-state index in [9.17, 15) is 0 Å². The van der Waals surface area contributed by atoms with E-state index in [1.54, 1.807) is 0 Å². The first-order valence-corrected chi connectivity index (χ1v) is 17.4. The molecule has 9 rings (SSSR count). The number of hydrogen-bond donors (Lipinski definition) is 0. The zero-order valence-corrected chi connectivity index (χ0v) is 27.8. The van der Waals surface area contributed by atoms with Gasteiger partial charge in [-0.1, -0.05) is 140 Å². The van der Waals surface area contributed by atoms with Gasteiger partial charge in [0.2, 0.25) is 0 Å². The summed E-state index contributed by atoms with van der Waals surface area (Å²) in [4.78, 5) is 0. The molecule has 236 valence electrons. The van der Waals surface area contributed by atoms with E-state index in [-0.39, 0.29) is 5.41 Å². The van der Waals surface area contributed by atoms with Gasteiger partial charge in [-0.25, -0.2) is 0 Å². The SMILES string of the molecule is CC1(/C=C/C2=CC=C(n3c4ccccc4c4ccccc43)CC2)C=CC(/C=C/c2ccc(-n3c4ccccc4c4ccccc43)cc2)=CC1. The van der Waals surface area contributed by atoms with Crippen molar-refractivity contribution >= 4 is 55.4 Å². The quantitative estimate of drug-likeness (QED) is 0.173. The first-order valence-electron chi connectivity index (χ1n) is 17.4. The van der Waals surface area contributed by atoms with E-state index < -0.39 is 0 Å². The fourth-order valence-corrected chi connectivity index (χ4v) is 7.63. The standard InChI is InChI=1S/C47H38N2/c1-47(31-28-35-22-26-38(27-23-35)49-45-16-8-4-12-41(45)42-13-5-9-17-46(42)49)32-29-36(30-33-47)19-18-34-20-24-37(25-21-34)48-43-14-6-2-10-39(43)40-11-3-7-15-44(40)48/h2-22,24-26,28-32H,23,27,33H2,1H3/b19-18+,31-28+. The topological polar surface area (TPSA) is 9.86 Å². The Bertz CT molecular complexity index is 2470. The molecule has 0 spiro atoms. The Kier molecular flexibility index (Phi) is 7.16. The second-order valence-electron chi connectivity index (χ2n) is 13.6. The van der Waals surface area contributed by atoms with E-state index in [0.29, 0.717) is 0 Å². The third kappa shape index (κ3) is 5.30. The number of rotatable bonds is 6. The lowest BCUT2D eigenvalue weighted by Crippen LogP contribution is -2.11. The van der Waals surface area contributed by atoms with Crippen LogP contribution in [0.4, 0.5) is 0 Å². The summed E-state index contributed by atoms with van der Waals surface area (Å²) in [5.74, 6) is 0. The van der Waals surface area contributed by atoms with Crippen LogP contribution in [-0.2, 0) is 0 Å². The Hall–Kier alpha value is -5.86. The van der Waals surface area contributed by atoms with Gasteiger partial charge in [-0.3, -0.25) is 0 Å². The van der Waals surface area contributed by atoms with E-state index in [1.165, 1.54) is 71.7 Å². The molecule has 2 aliphatic carbocycles. The van der Waals surface area contributed by atoms with Gasteiger partial charge in [0.05, 0.1) is 22.1 Å². The van der Waals surface area contributed by atoms with Gasteiger partial charge in [-0.15, -0.1) is 0 Å². The molecule has 2 nitrogen and oxygen atoms in total. The molecule has 5 aromatic carbocycles. The molecule has 2 aromatic heterocycles. The predicted molar refractivity (Wildman–Crippen MR) is 210 cm³/mol. The van der Waals surface area contributed by atoms with E-state index >= 15 is 0 Å². The van der Waals surface area contributed by atoms with Crippen LogP contribution in [0, 0.1) is 5.41 Å². The second-order valence-corrected chi connectivity index (χ2v) is 13.6. The average Bonchev–Trinajstić information content (AvgIpc) is 3.68. The Balaban J connectivity index is 0.885. The summed E-state index contributed by atoms with van der Waals surface area (Å²) in [6.07, 6.45) is 23.9. The van der Waals surface area contributed by atoms with Crippen molar-refractivity contribution in [2.45, 2.75) is 26.2 Å². The lowest BCUT2D eigenvalue weighted by Gasteiger charge is -2.24. The highest BCUT2D eigenvalue weighted by atomic mass is 15.0. The van der Waals surface area contributed by atoms with Crippen LogP contribution < -0.4 is 0 Å². The monoisotopic (exact) mass is 630 g/mol. The normalized spacial score (nSPS) is 18.3. The maximum atomic E-state index is 2.45. The Morgan fingerprint density at radius 3 is 1.61 bits per heavy atom. The van der Waals surface area contributed by atoms with Gasteiger partial charge < -0.3 is 9.13 Å². The zero-order valence-electron chi connectivity index (χ0n) is 27.8. The van der Waals surface area contributed by atoms with Crippen LogP contribution in [-0.4, -0.2) is 9.13 Å². The van der Waals surface area contributed by atoms with Crippen LogP contribution in [0.3, 0.4) is 0 Å². The van der Waals surface area contributed by atoms with Crippen LogP contribution in [0.5, 0.6) is 0 Å². The molecule has 0 radical (unpaired) electrons. The third-order valence-corrected chi connectivity index (χ3v) is 10.3. The summed E-state index contributed by atoms with van der Waals surface area (Å²) in [6, 6.07) is 43.7. The maximum absolute atomic E-state index is 2.45. The van der Waals surface area contributed by atoms with Crippen LogP contribution in [0.15, 0.2) is 181 Å². The van der Waals surface area contributed by atoms with Gasteiger partial charge in [0.25, 0.3) is 0 Å². The summed E-state index contributed by atoms with van der Waals surface area (Å²) in [7, 11) is 0. The van der Waals surface area contributed by atoms with Gasteiger partial charge in [0.15, 0.2) is 0 Å². The second kappa shape index (κ2) is 12.0. The van der Waals surface area contributed by atoms with Gasteiger partial charge in [0.1, 0.15) is 0 Å². The van der Waals surface area contributed by atoms with E-state index in [4.69, 9.17) is 0 Å². The lowest BCUT2D eigenvalue weighted by atomic mass is 9.81. The number of para-hydroxylation sites is 4. The fourth-order valence-electron chi connectivity index (χ4n) is 7.63. The lowest BCUT2D eigenvalue weighted by molar-refractivity contribution is 0.554. The Morgan fingerprint density at radius 2 is 1.10 bits per heavy atom. The summed E-state index contributed by atoms with van der Waals surface area (Å²) in [5.41, 5.74) is 11.4. The van der Waals surface area contributed by atoms with Gasteiger partial charge in [0, 0.05) is 38.3 Å². The van der Waals surface area contributed by atoms with Crippen molar-refractivity contribution in [2.24, 2.45) is 5.41 Å². The van der Waals surface area contributed by atoms with Crippen molar-refractivity contribution < 1.29 is 0 Å². The number of nitrogens with zero attached hydrogens (tertiary/aromatic N) is 2. The molecular weight excluding hydrogens is 593 g/mol. The van der Waals surface area contributed by atoms with Crippen molar-refractivity contribution in [1.82, 2.24) is 9.13 Å². The number of benzene rings is 5. The summed E-state index contributed by atoms with van der Waals surface area (Å²) in [6.45, 7) is 2.33. The fraction of sp³-hybridized carbons (Fsp3) is 0.106. The molecular formula is C47H38N2. The molecule has 2 aliphatic rings. The molecule has 1 unspecified atom stereocenters. The van der Waals surface area contributed by atoms with Gasteiger partial charge >= 0.3 is 0 Å². The van der Waals surface area contributed by atoms with E-state index in [1.807, 2.05) is 0 Å². The highest BCUT2D eigenvalue weighted by Gasteiger charge is 2.20. The van der Waals surface area contributed by atoms with Gasteiger partial charge in [-0.2, -0.15) is 0 Å². The highest BCUT2D eigenvalue weighted by molar-refractivity contribution is 6.10. The van der Waals surface area contributed by atoms with Crippen molar-refractivity contribution in [3.63, 3.8) is 0 Å².